The van der Waals surface area contributed by atoms with Gasteiger partial charge in [-0.15, -0.1) is 5.10 Å². The molecule has 0 unspecified atom stereocenters. The van der Waals surface area contributed by atoms with E-state index in [9.17, 15) is 4.79 Å². The second-order valence-electron chi connectivity index (χ2n) is 5.33. The van der Waals surface area contributed by atoms with Gasteiger partial charge in [0.15, 0.2) is 5.82 Å². The fourth-order valence-electron chi connectivity index (χ4n) is 2.41. The zero-order chi connectivity index (χ0) is 17.4. The Morgan fingerprint density at radius 2 is 1.84 bits per heavy atom. The quantitative estimate of drug-likeness (QED) is 0.557. The van der Waals surface area contributed by atoms with E-state index < -0.39 is 0 Å². The largest absolute Gasteiger partial charge is 0.497 e. The highest BCUT2D eigenvalue weighted by Gasteiger charge is 2.11. The van der Waals surface area contributed by atoms with Gasteiger partial charge in [-0.1, -0.05) is 35.1 Å². The number of ether oxygens (including phenoxy) is 1. The van der Waals surface area contributed by atoms with Crippen molar-refractivity contribution in [3.05, 3.63) is 74.0 Å². The third-order valence-corrected chi connectivity index (χ3v) is 4.91. The first-order valence-electron chi connectivity index (χ1n) is 7.45. The van der Waals surface area contributed by atoms with Crippen molar-refractivity contribution in [3.63, 3.8) is 0 Å². The van der Waals surface area contributed by atoms with Gasteiger partial charge in [-0.05, 0) is 48.0 Å². The van der Waals surface area contributed by atoms with Crippen LogP contribution in [-0.4, -0.2) is 21.7 Å². The molecule has 0 spiro atoms. The summed E-state index contributed by atoms with van der Waals surface area (Å²) < 4.78 is 7.06. The summed E-state index contributed by atoms with van der Waals surface area (Å²) >= 11 is 7.20. The summed E-state index contributed by atoms with van der Waals surface area (Å²) in [6.07, 6.45) is 1.82. The first kappa shape index (κ1) is 15.8. The number of hydrogen-bond donors (Lipinski definition) is 0. The maximum atomic E-state index is 12.5. The summed E-state index contributed by atoms with van der Waals surface area (Å²) in [5, 5.41) is 4.97. The van der Waals surface area contributed by atoms with Crippen LogP contribution in [-0.2, 0) is 0 Å². The van der Waals surface area contributed by atoms with E-state index in [4.69, 9.17) is 16.3 Å². The van der Waals surface area contributed by atoms with Crippen molar-refractivity contribution in [3.8, 4) is 17.1 Å². The fraction of sp³-hybridized carbons (Fsp3) is 0.0556. The molecular weight excluding hydrogens is 358 g/mol. The van der Waals surface area contributed by atoms with Crippen LogP contribution in [0.5, 0.6) is 5.75 Å². The molecule has 2 aromatic carbocycles. The molecule has 5 nitrogen and oxygen atoms in total. The number of methoxy groups -OCH3 is 1. The van der Waals surface area contributed by atoms with E-state index in [1.807, 2.05) is 42.5 Å². The molecular formula is C18H12ClN3O2S. The van der Waals surface area contributed by atoms with Crippen molar-refractivity contribution in [2.24, 2.45) is 0 Å². The Bertz CT molecular complexity index is 1150. The second-order valence-corrected chi connectivity index (χ2v) is 6.77. The number of aromatic nitrogens is 3. The molecule has 0 atom stereocenters. The van der Waals surface area contributed by atoms with Crippen molar-refractivity contribution in [1.29, 1.82) is 0 Å². The third-order valence-electron chi connectivity index (χ3n) is 3.70. The molecule has 0 aliphatic heterocycles. The lowest BCUT2D eigenvalue weighted by molar-refractivity contribution is 0.415. The summed E-state index contributed by atoms with van der Waals surface area (Å²) in [4.78, 5) is 17.6. The van der Waals surface area contributed by atoms with Gasteiger partial charge in [-0.3, -0.25) is 4.79 Å². The molecule has 25 heavy (non-hydrogen) atoms. The van der Waals surface area contributed by atoms with Crippen LogP contribution in [0.2, 0.25) is 5.02 Å². The van der Waals surface area contributed by atoms with Crippen molar-refractivity contribution in [2.75, 3.05) is 7.11 Å². The normalized spacial score (nSPS) is 12.0. The van der Waals surface area contributed by atoms with E-state index in [0.29, 0.717) is 20.3 Å². The maximum Gasteiger partial charge on any atom is 0.291 e. The highest BCUT2D eigenvalue weighted by atomic mass is 35.5. The molecule has 7 heteroatoms. The van der Waals surface area contributed by atoms with Gasteiger partial charge in [0, 0.05) is 10.6 Å². The molecule has 0 bridgehead atoms. The van der Waals surface area contributed by atoms with Crippen LogP contribution in [0.1, 0.15) is 5.56 Å². The first-order valence-corrected chi connectivity index (χ1v) is 8.65. The van der Waals surface area contributed by atoms with Crippen molar-refractivity contribution < 1.29 is 4.74 Å². The SMILES string of the molecule is COc1ccc(/C=c2\sc3nc(-c4ccc(Cl)cc4)nn3c2=O)cc1. The number of fused-ring (bicyclic) bond motifs is 1. The first-order chi connectivity index (χ1) is 12.1. The highest BCUT2D eigenvalue weighted by Crippen LogP contribution is 2.19. The van der Waals surface area contributed by atoms with Crippen molar-refractivity contribution >= 4 is 34.0 Å². The maximum absolute atomic E-state index is 12.5. The average molecular weight is 370 g/mol. The molecule has 0 saturated heterocycles. The van der Waals surface area contributed by atoms with Crippen LogP contribution in [0.25, 0.3) is 22.4 Å². The lowest BCUT2D eigenvalue weighted by atomic mass is 10.2. The van der Waals surface area contributed by atoms with Crippen molar-refractivity contribution in [2.45, 2.75) is 0 Å². The number of thiazole rings is 1. The van der Waals surface area contributed by atoms with E-state index in [1.165, 1.54) is 15.9 Å². The van der Waals surface area contributed by atoms with Crippen molar-refractivity contribution in [1.82, 2.24) is 14.6 Å². The van der Waals surface area contributed by atoms with Gasteiger partial charge in [0.25, 0.3) is 5.56 Å². The van der Waals surface area contributed by atoms with Crippen LogP contribution in [0.15, 0.2) is 53.3 Å². The molecule has 0 N–H and O–H groups in total. The molecule has 124 valence electrons. The van der Waals surface area contributed by atoms with Gasteiger partial charge < -0.3 is 4.74 Å². The Morgan fingerprint density at radius 3 is 2.48 bits per heavy atom. The van der Waals surface area contributed by atoms with E-state index in [-0.39, 0.29) is 5.56 Å². The standard InChI is InChI=1S/C18H12ClN3O2S/c1-24-14-8-2-11(3-9-14)10-15-17(23)22-18(25-15)20-16(21-22)12-4-6-13(19)7-5-12/h2-10H,1H3/b15-10-. The lowest BCUT2D eigenvalue weighted by Crippen LogP contribution is -2.23. The molecule has 0 aliphatic carbocycles. The Kier molecular flexibility index (Phi) is 3.99. The van der Waals surface area contributed by atoms with Crippen LogP contribution < -0.4 is 14.8 Å². The molecule has 4 aromatic rings. The molecule has 0 fully saturated rings. The topological polar surface area (TPSA) is 56.5 Å². The minimum atomic E-state index is -0.177. The summed E-state index contributed by atoms with van der Waals surface area (Å²) in [6, 6.07) is 14.7. The second kappa shape index (κ2) is 6.31. The Morgan fingerprint density at radius 1 is 1.12 bits per heavy atom. The molecule has 2 heterocycles. The summed E-state index contributed by atoms with van der Waals surface area (Å²) in [5.74, 6) is 1.28. The van der Waals surface area contributed by atoms with Gasteiger partial charge in [0.1, 0.15) is 5.75 Å². The molecule has 0 aliphatic rings. The van der Waals surface area contributed by atoms with E-state index in [0.717, 1.165) is 16.9 Å². The van der Waals surface area contributed by atoms with E-state index >= 15 is 0 Å². The van der Waals surface area contributed by atoms with Crippen LogP contribution >= 0.6 is 22.9 Å². The average Bonchev–Trinajstić information content (AvgIpc) is 3.16. The minimum Gasteiger partial charge on any atom is -0.497 e. The molecule has 4 rings (SSSR count). The Hall–Kier alpha value is -2.70. The van der Waals surface area contributed by atoms with Gasteiger partial charge >= 0.3 is 0 Å². The van der Waals surface area contributed by atoms with E-state index in [2.05, 4.69) is 10.1 Å². The van der Waals surface area contributed by atoms with Gasteiger partial charge in [-0.25, -0.2) is 0 Å². The Balaban J connectivity index is 1.76. The minimum absolute atomic E-state index is 0.177. The van der Waals surface area contributed by atoms with Gasteiger partial charge in [-0.2, -0.15) is 9.50 Å². The third kappa shape index (κ3) is 3.01. The van der Waals surface area contributed by atoms with Crippen LogP contribution in [0.3, 0.4) is 0 Å². The zero-order valence-electron chi connectivity index (χ0n) is 13.1. The predicted octanol–water partition coefficient (Wildman–Crippen LogP) is 3.03. The predicted molar refractivity (Wildman–Crippen MR) is 99.4 cm³/mol. The number of hydrogen-bond acceptors (Lipinski definition) is 5. The molecule has 0 saturated carbocycles. The highest BCUT2D eigenvalue weighted by molar-refractivity contribution is 7.15. The lowest BCUT2D eigenvalue weighted by Gasteiger charge is -1.98. The number of nitrogens with zero attached hydrogens (tertiary/aromatic N) is 3. The zero-order valence-corrected chi connectivity index (χ0v) is 14.7. The molecule has 0 amide bonds. The summed E-state index contributed by atoms with van der Waals surface area (Å²) in [6.45, 7) is 0. The number of rotatable bonds is 3. The van der Waals surface area contributed by atoms with E-state index in [1.54, 1.807) is 19.2 Å². The van der Waals surface area contributed by atoms with Gasteiger partial charge in [0.05, 0.1) is 11.6 Å². The smallest absolute Gasteiger partial charge is 0.291 e. The number of halogens is 1. The Labute approximate surface area is 151 Å². The molecule has 2 aromatic heterocycles. The summed E-state index contributed by atoms with van der Waals surface area (Å²) in [5.41, 5.74) is 1.56. The summed E-state index contributed by atoms with van der Waals surface area (Å²) in [7, 11) is 1.62. The fourth-order valence-corrected chi connectivity index (χ4v) is 3.44. The van der Waals surface area contributed by atoms with Gasteiger partial charge in [0.2, 0.25) is 4.96 Å². The molecule has 0 radical (unpaired) electrons. The van der Waals surface area contributed by atoms with Crippen LogP contribution in [0.4, 0.5) is 0 Å². The number of benzene rings is 2. The monoisotopic (exact) mass is 369 g/mol. The van der Waals surface area contributed by atoms with Crippen LogP contribution in [0, 0.1) is 0 Å².